The first-order chi connectivity index (χ1) is 17.0. The van der Waals surface area contributed by atoms with Crippen LogP contribution in [-0.2, 0) is 21.4 Å². The molecule has 188 valence electrons. The topological polar surface area (TPSA) is 140 Å². The molecule has 1 amide bonds. The lowest BCUT2D eigenvalue weighted by Crippen LogP contribution is -2.39. The number of hydrogen-bond donors (Lipinski definition) is 3. The molecule has 1 unspecified atom stereocenters. The van der Waals surface area contributed by atoms with Gasteiger partial charge >= 0.3 is 0 Å². The van der Waals surface area contributed by atoms with Gasteiger partial charge in [-0.15, -0.1) is 0 Å². The van der Waals surface area contributed by atoms with Gasteiger partial charge in [-0.3, -0.25) is 4.79 Å². The van der Waals surface area contributed by atoms with E-state index in [2.05, 4.69) is 0 Å². The molecule has 36 heavy (non-hydrogen) atoms. The predicted octanol–water partition coefficient (Wildman–Crippen LogP) is 4.32. The molecule has 1 aromatic heterocycles. The molecule has 0 aliphatic heterocycles. The van der Waals surface area contributed by atoms with Crippen LogP contribution >= 0.6 is 23.2 Å². The second kappa shape index (κ2) is 10.1. The van der Waals surface area contributed by atoms with Crippen molar-refractivity contribution in [2.24, 2.45) is 5.73 Å². The van der Waals surface area contributed by atoms with Gasteiger partial charge in [0.05, 0.1) is 25.0 Å². The number of hydrogen-bond acceptors (Lipinski definition) is 7. The largest absolute Gasteiger partial charge is 0.456 e. The molecular formula is C25H23Cl2N3O5S. The van der Waals surface area contributed by atoms with E-state index in [4.69, 9.17) is 39.1 Å². The molecule has 0 radical (unpaired) electrons. The van der Waals surface area contributed by atoms with Crippen LogP contribution in [0.1, 0.15) is 23.0 Å². The van der Waals surface area contributed by atoms with Crippen LogP contribution in [0.25, 0.3) is 22.1 Å². The third-order valence-corrected chi connectivity index (χ3v) is 7.40. The summed E-state index contributed by atoms with van der Waals surface area (Å²) in [4.78, 5) is 12.1. The van der Waals surface area contributed by atoms with Crippen LogP contribution in [0.2, 0.25) is 10.0 Å². The second-order valence-corrected chi connectivity index (χ2v) is 11.0. The van der Waals surface area contributed by atoms with Crippen LogP contribution in [0.4, 0.5) is 5.69 Å². The van der Waals surface area contributed by atoms with Gasteiger partial charge in [-0.05, 0) is 47.0 Å². The number of fused-ring (bicyclic) bond motifs is 1. The number of rotatable bonds is 7. The number of sulfonamides is 1. The quantitative estimate of drug-likeness (QED) is 0.313. The maximum atomic E-state index is 12.1. The lowest BCUT2D eigenvalue weighted by atomic mass is 10.0. The molecule has 4 aromatic rings. The highest BCUT2D eigenvalue weighted by Crippen LogP contribution is 2.39. The van der Waals surface area contributed by atoms with Gasteiger partial charge in [0.15, 0.2) is 5.76 Å². The molecule has 0 bridgehead atoms. The fourth-order valence-electron chi connectivity index (χ4n) is 3.89. The highest BCUT2D eigenvalue weighted by Gasteiger charge is 2.24. The van der Waals surface area contributed by atoms with Gasteiger partial charge in [0.1, 0.15) is 11.7 Å². The molecule has 0 spiro atoms. The van der Waals surface area contributed by atoms with E-state index in [1.807, 2.05) is 12.1 Å². The fraction of sp³-hybridized carbons (Fsp3) is 0.160. The van der Waals surface area contributed by atoms with Crippen molar-refractivity contribution in [2.45, 2.75) is 12.6 Å². The van der Waals surface area contributed by atoms with Crippen LogP contribution in [0.3, 0.4) is 0 Å². The number of aliphatic hydroxyl groups is 1. The molecule has 0 aliphatic rings. The third-order valence-electron chi connectivity index (χ3n) is 5.70. The highest BCUT2D eigenvalue weighted by atomic mass is 35.5. The molecule has 0 saturated heterocycles. The molecule has 8 nitrogen and oxygen atoms in total. The summed E-state index contributed by atoms with van der Waals surface area (Å²) >= 11 is 12.2. The van der Waals surface area contributed by atoms with Gasteiger partial charge in [-0.1, -0.05) is 53.5 Å². The predicted molar refractivity (Wildman–Crippen MR) is 141 cm³/mol. The normalized spacial score (nSPS) is 12.6. The number of anilines is 1. The smallest absolute Gasteiger partial charge is 0.250 e. The van der Waals surface area contributed by atoms with Gasteiger partial charge in [-0.2, -0.15) is 0 Å². The van der Waals surface area contributed by atoms with Crippen molar-refractivity contribution in [2.75, 3.05) is 18.5 Å². The molecular weight excluding hydrogens is 525 g/mol. The van der Waals surface area contributed by atoms with Crippen molar-refractivity contribution in [1.29, 1.82) is 0 Å². The van der Waals surface area contributed by atoms with E-state index < -0.39 is 28.6 Å². The summed E-state index contributed by atoms with van der Waals surface area (Å²) in [6.45, 7) is -0.560. The zero-order valence-corrected chi connectivity index (χ0v) is 21.4. The zero-order chi connectivity index (χ0) is 26.2. The monoisotopic (exact) mass is 547 g/mol. The van der Waals surface area contributed by atoms with E-state index in [0.717, 1.165) is 21.7 Å². The summed E-state index contributed by atoms with van der Waals surface area (Å²) in [6, 6.07) is 17.2. The summed E-state index contributed by atoms with van der Waals surface area (Å²) in [5.41, 5.74) is 14.9. The van der Waals surface area contributed by atoms with Crippen LogP contribution in [-0.4, -0.2) is 36.5 Å². The van der Waals surface area contributed by atoms with Crippen molar-refractivity contribution < 1.29 is 22.7 Å². The minimum absolute atomic E-state index is 0.142. The number of aliphatic hydroxyl groups excluding tert-OH is 1. The Bertz CT molecular complexity index is 1570. The standard InChI is InChI=1S/C25H23Cl2N3O5S/c1-36(33,34)30(22(31)12-28)13-14-3-2-4-15(9-14)16-5-7-19-21(10-16)35-25(23(19)29)24(32)18-8-6-17(26)11-20(18)27/h2-11,24,32H,12-13,28-29H2,1H3. The number of nitrogens with zero attached hydrogens (tertiary/aromatic N) is 1. The summed E-state index contributed by atoms with van der Waals surface area (Å²) in [5.74, 6) is -0.536. The van der Waals surface area contributed by atoms with E-state index in [1.54, 1.807) is 42.5 Å². The SMILES string of the molecule is CS(=O)(=O)N(Cc1cccc(-c2ccc3c(N)c(C(O)c4ccc(Cl)cc4Cl)oc3c2)c1)C(=O)CN. The summed E-state index contributed by atoms with van der Waals surface area (Å²) in [6.07, 6.45) is -0.237. The molecule has 0 saturated carbocycles. The number of nitrogens with two attached hydrogens (primary N) is 2. The molecule has 0 fully saturated rings. The Hall–Kier alpha value is -3.08. The number of nitrogen functional groups attached to an aromatic ring is 1. The first-order valence-electron chi connectivity index (χ1n) is 10.7. The minimum Gasteiger partial charge on any atom is -0.456 e. The average molecular weight is 548 g/mol. The number of carbonyl (C=O) groups excluding carboxylic acids is 1. The van der Waals surface area contributed by atoms with Crippen molar-refractivity contribution in [1.82, 2.24) is 4.31 Å². The number of carbonyl (C=O) groups is 1. The molecule has 0 aliphatic carbocycles. The number of halogens is 2. The van der Waals surface area contributed by atoms with Crippen molar-refractivity contribution in [3.05, 3.63) is 87.6 Å². The van der Waals surface area contributed by atoms with Crippen LogP contribution in [0, 0.1) is 0 Å². The van der Waals surface area contributed by atoms with Crippen molar-refractivity contribution >= 4 is 55.8 Å². The lowest BCUT2D eigenvalue weighted by molar-refractivity contribution is -0.125. The van der Waals surface area contributed by atoms with E-state index >= 15 is 0 Å². The van der Waals surface area contributed by atoms with E-state index in [-0.39, 0.29) is 23.0 Å². The van der Waals surface area contributed by atoms with Crippen LogP contribution in [0.15, 0.2) is 65.1 Å². The molecule has 5 N–H and O–H groups in total. The Kier molecular flexibility index (Phi) is 7.31. The van der Waals surface area contributed by atoms with Crippen molar-refractivity contribution in [3.8, 4) is 11.1 Å². The van der Waals surface area contributed by atoms with E-state index in [9.17, 15) is 18.3 Å². The average Bonchev–Trinajstić information content (AvgIpc) is 3.17. The van der Waals surface area contributed by atoms with E-state index in [1.165, 1.54) is 6.07 Å². The maximum Gasteiger partial charge on any atom is 0.250 e. The number of benzene rings is 3. The van der Waals surface area contributed by atoms with Crippen LogP contribution in [0.5, 0.6) is 0 Å². The minimum atomic E-state index is -3.78. The first kappa shape index (κ1) is 26.0. The van der Waals surface area contributed by atoms with Gasteiger partial charge in [0, 0.05) is 21.0 Å². The van der Waals surface area contributed by atoms with E-state index in [0.29, 0.717) is 27.1 Å². The van der Waals surface area contributed by atoms with Gasteiger partial charge in [-0.25, -0.2) is 12.7 Å². The Morgan fingerprint density at radius 1 is 1.08 bits per heavy atom. The Balaban J connectivity index is 1.68. The Morgan fingerprint density at radius 2 is 1.81 bits per heavy atom. The van der Waals surface area contributed by atoms with Crippen molar-refractivity contribution in [3.63, 3.8) is 0 Å². The molecule has 1 heterocycles. The molecule has 3 aromatic carbocycles. The van der Waals surface area contributed by atoms with Gasteiger partial charge in [0.25, 0.3) is 0 Å². The maximum absolute atomic E-state index is 12.1. The first-order valence-corrected chi connectivity index (χ1v) is 13.3. The number of amides is 1. The Labute approximate surface area is 218 Å². The molecule has 4 rings (SSSR count). The summed E-state index contributed by atoms with van der Waals surface area (Å²) in [5, 5.41) is 12.2. The summed E-state index contributed by atoms with van der Waals surface area (Å²) < 4.78 is 30.8. The zero-order valence-electron chi connectivity index (χ0n) is 19.1. The van der Waals surface area contributed by atoms with Gasteiger partial charge in [0.2, 0.25) is 15.9 Å². The van der Waals surface area contributed by atoms with Crippen LogP contribution < -0.4 is 11.5 Å². The number of furan rings is 1. The van der Waals surface area contributed by atoms with Gasteiger partial charge < -0.3 is 21.0 Å². The molecule has 1 atom stereocenters. The third kappa shape index (κ3) is 5.21. The fourth-order valence-corrected chi connectivity index (χ4v) is 5.23. The summed E-state index contributed by atoms with van der Waals surface area (Å²) in [7, 11) is -3.78. The second-order valence-electron chi connectivity index (χ2n) is 8.23. The lowest BCUT2D eigenvalue weighted by Gasteiger charge is -2.20. The Morgan fingerprint density at radius 3 is 2.47 bits per heavy atom. The highest BCUT2D eigenvalue weighted by molar-refractivity contribution is 7.88. The molecule has 11 heteroatoms.